The highest BCUT2D eigenvalue weighted by Gasteiger charge is 2.51. The molecule has 4 nitrogen and oxygen atoms in total. The first-order valence-electron chi connectivity index (χ1n) is 6.99. The third-order valence-corrected chi connectivity index (χ3v) is 4.55. The molecule has 2 unspecified atom stereocenters. The van der Waals surface area contributed by atoms with E-state index in [0.717, 1.165) is 18.4 Å². The number of nitrogens with one attached hydrogen (secondary N) is 1. The molecule has 0 aromatic heterocycles. The molecule has 0 spiro atoms. The Morgan fingerprint density at radius 2 is 1.86 bits per heavy atom. The number of carboxylic acids is 1. The van der Waals surface area contributed by atoms with Gasteiger partial charge in [0.15, 0.2) is 0 Å². The van der Waals surface area contributed by atoms with Crippen LogP contribution in [-0.2, 0) is 15.0 Å². The Kier molecular flexibility index (Phi) is 3.49. The molecule has 21 heavy (non-hydrogen) atoms. The molecular weight excluding hydrogens is 290 g/mol. The van der Waals surface area contributed by atoms with Gasteiger partial charge in [0, 0.05) is 11.1 Å². The van der Waals surface area contributed by atoms with Crippen molar-refractivity contribution in [3.63, 3.8) is 0 Å². The topological polar surface area (TPSA) is 66.4 Å². The number of benzene rings is 1. The van der Waals surface area contributed by atoms with Crippen molar-refractivity contribution >= 4 is 23.5 Å². The lowest BCUT2D eigenvalue weighted by atomic mass is 9.94. The first-order valence-corrected chi connectivity index (χ1v) is 7.37. The average molecular weight is 306 g/mol. The van der Waals surface area contributed by atoms with Crippen LogP contribution in [0.5, 0.6) is 0 Å². The van der Waals surface area contributed by atoms with Gasteiger partial charge < -0.3 is 10.4 Å². The maximum atomic E-state index is 12.5. The first-order chi connectivity index (χ1) is 10.0. The molecule has 1 aromatic carbocycles. The third-order valence-electron chi connectivity index (χ3n) is 4.30. The summed E-state index contributed by atoms with van der Waals surface area (Å²) in [4.78, 5) is 23.4. The number of hydrogen-bond acceptors (Lipinski definition) is 2. The van der Waals surface area contributed by atoms with Gasteiger partial charge in [0.05, 0.1) is 11.3 Å². The predicted molar refractivity (Wildman–Crippen MR) is 79.2 cm³/mol. The number of carbonyl (C=O) groups excluding carboxylic acids is 1. The molecule has 1 saturated carbocycles. The summed E-state index contributed by atoms with van der Waals surface area (Å²) >= 11 is 5.88. The van der Waals surface area contributed by atoms with Crippen molar-refractivity contribution in [2.45, 2.75) is 30.7 Å². The summed E-state index contributed by atoms with van der Waals surface area (Å²) < 4.78 is 0. The van der Waals surface area contributed by atoms with Gasteiger partial charge in [-0.05, 0) is 37.0 Å². The van der Waals surface area contributed by atoms with Gasteiger partial charge in [-0.3, -0.25) is 9.59 Å². The third kappa shape index (κ3) is 2.68. The molecule has 1 aromatic rings. The number of carboxylic acid groups (broad SMARTS) is 1. The van der Waals surface area contributed by atoms with Gasteiger partial charge in [0.1, 0.15) is 0 Å². The molecular formula is C16H16ClNO3. The highest BCUT2D eigenvalue weighted by atomic mass is 35.5. The highest BCUT2D eigenvalue weighted by molar-refractivity contribution is 6.30. The minimum Gasteiger partial charge on any atom is -0.481 e. The molecule has 2 aliphatic rings. The smallest absolute Gasteiger partial charge is 0.310 e. The molecule has 3 rings (SSSR count). The molecule has 2 N–H and O–H groups in total. The van der Waals surface area contributed by atoms with Gasteiger partial charge in [0.25, 0.3) is 0 Å². The van der Waals surface area contributed by atoms with Crippen LogP contribution < -0.4 is 5.32 Å². The second-order valence-electron chi connectivity index (χ2n) is 5.73. The Morgan fingerprint density at radius 1 is 1.19 bits per heavy atom. The lowest BCUT2D eigenvalue weighted by Crippen LogP contribution is -2.40. The normalized spacial score (nSPS) is 25.6. The van der Waals surface area contributed by atoms with Gasteiger partial charge in [-0.1, -0.05) is 35.9 Å². The summed E-state index contributed by atoms with van der Waals surface area (Å²) in [6.45, 7) is 0. The van der Waals surface area contributed by atoms with Gasteiger partial charge in [0.2, 0.25) is 5.91 Å². The molecule has 2 atom stereocenters. The van der Waals surface area contributed by atoms with Gasteiger partial charge >= 0.3 is 5.97 Å². The van der Waals surface area contributed by atoms with Crippen molar-refractivity contribution in [3.8, 4) is 0 Å². The maximum absolute atomic E-state index is 12.5. The predicted octanol–water partition coefficient (Wildman–Crippen LogP) is 2.52. The van der Waals surface area contributed by atoms with Crippen LogP contribution in [0.1, 0.15) is 24.8 Å². The summed E-state index contributed by atoms with van der Waals surface area (Å²) in [5, 5.41) is 12.6. The van der Waals surface area contributed by atoms with Gasteiger partial charge in [-0.15, -0.1) is 0 Å². The number of amides is 1. The summed E-state index contributed by atoms with van der Waals surface area (Å²) in [7, 11) is 0. The number of hydrogen-bond donors (Lipinski definition) is 2. The molecule has 1 fully saturated rings. The molecule has 0 saturated heterocycles. The molecule has 0 radical (unpaired) electrons. The summed E-state index contributed by atoms with van der Waals surface area (Å²) in [5.41, 5.74) is 0.515. The quantitative estimate of drug-likeness (QED) is 0.840. The van der Waals surface area contributed by atoms with E-state index in [1.54, 1.807) is 24.3 Å². The van der Waals surface area contributed by atoms with E-state index < -0.39 is 17.3 Å². The number of halogens is 1. The van der Waals surface area contributed by atoms with Gasteiger partial charge in [-0.2, -0.15) is 0 Å². The van der Waals surface area contributed by atoms with E-state index in [2.05, 4.69) is 5.32 Å². The lowest BCUT2D eigenvalue weighted by molar-refractivity contribution is -0.140. The van der Waals surface area contributed by atoms with Crippen LogP contribution in [0.2, 0.25) is 5.02 Å². The van der Waals surface area contributed by atoms with Crippen molar-refractivity contribution in [1.29, 1.82) is 0 Å². The van der Waals surface area contributed by atoms with Crippen molar-refractivity contribution in [2.75, 3.05) is 0 Å². The zero-order chi connectivity index (χ0) is 15.0. The minimum atomic E-state index is -0.846. The first kappa shape index (κ1) is 14.1. The standard InChI is InChI=1S/C16H16ClNO3/c17-12-4-2-11(3-5-12)16(7-8-16)15(21)18-13-6-1-10(9-13)14(19)20/h1-6,10,13H,7-9H2,(H,18,21)(H,19,20). The molecule has 0 aliphatic heterocycles. The SMILES string of the molecule is O=C(O)C1C=CC(NC(=O)C2(c3ccc(Cl)cc3)CC2)C1. The highest BCUT2D eigenvalue weighted by Crippen LogP contribution is 2.48. The molecule has 0 bridgehead atoms. The molecule has 110 valence electrons. The summed E-state index contributed by atoms with van der Waals surface area (Å²) in [6.07, 6.45) is 5.49. The maximum Gasteiger partial charge on any atom is 0.310 e. The Labute approximate surface area is 127 Å². The van der Waals surface area contributed by atoms with Crippen LogP contribution in [0.25, 0.3) is 0 Å². The molecule has 5 heteroatoms. The van der Waals surface area contributed by atoms with E-state index in [1.807, 2.05) is 12.1 Å². The molecule has 0 heterocycles. The largest absolute Gasteiger partial charge is 0.481 e. The van der Waals surface area contributed by atoms with Crippen LogP contribution in [0.15, 0.2) is 36.4 Å². The van der Waals surface area contributed by atoms with Crippen LogP contribution in [0.4, 0.5) is 0 Å². The van der Waals surface area contributed by atoms with Crippen LogP contribution in [0, 0.1) is 5.92 Å². The Bertz CT molecular complexity index is 604. The van der Waals surface area contributed by atoms with Crippen molar-refractivity contribution < 1.29 is 14.7 Å². The van der Waals surface area contributed by atoms with Crippen molar-refractivity contribution in [1.82, 2.24) is 5.32 Å². The summed E-state index contributed by atoms with van der Waals surface area (Å²) in [5.74, 6) is -1.37. The number of rotatable bonds is 4. The number of carbonyl (C=O) groups is 2. The Balaban J connectivity index is 1.67. The fraction of sp³-hybridized carbons (Fsp3) is 0.375. The Hall–Kier alpha value is -1.81. The van der Waals surface area contributed by atoms with E-state index in [-0.39, 0.29) is 11.9 Å². The second-order valence-corrected chi connectivity index (χ2v) is 6.17. The van der Waals surface area contributed by atoms with Crippen molar-refractivity contribution in [3.05, 3.63) is 47.0 Å². The van der Waals surface area contributed by atoms with Gasteiger partial charge in [-0.25, -0.2) is 0 Å². The molecule has 1 amide bonds. The van der Waals surface area contributed by atoms with E-state index in [4.69, 9.17) is 16.7 Å². The monoisotopic (exact) mass is 305 g/mol. The fourth-order valence-electron chi connectivity index (χ4n) is 2.84. The zero-order valence-corrected chi connectivity index (χ0v) is 12.1. The van der Waals surface area contributed by atoms with E-state index in [9.17, 15) is 9.59 Å². The van der Waals surface area contributed by atoms with E-state index in [0.29, 0.717) is 11.4 Å². The molecule has 2 aliphatic carbocycles. The summed E-state index contributed by atoms with van der Waals surface area (Å²) in [6, 6.07) is 7.17. The fourth-order valence-corrected chi connectivity index (χ4v) is 2.96. The van der Waals surface area contributed by atoms with Crippen LogP contribution in [0.3, 0.4) is 0 Å². The Morgan fingerprint density at radius 3 is 2.38 bits per heavy atom. The van der Waals surface area contributed by atoms with Crippen molar-refractivity contribution in [2.24, 2.45) is 5.92 Å². The average Bonchev–Trinajstić information content (AvgIpc) is 3.13. The minimum absolute atomic E-state index is 0.0227. The number of aliphatic carboxylic acids is 1. The lowest BCUT2D eigenvalue weighted by Gasteiger charge is -2.19. The van der Waals surface area contributed by atoms with Crippen LogP contribution in [-0.4, -0.2) is 23.0 Å². The second kappa shape index (κ2) is 5.19. The van der Waals surface area contributed by atoms with E-state index >= 15 is 0 Å². The zero-order valence-electron chi connectivity index (χ0n) is 11.4. The van der Waals surface area contributed by atoms with E-state index in [1.165, 1.54) is 0 Å². The van der Waals surface area contributed by atoms with Crippen LogP contribution >= 0.6 is 11.6 Å².